The molecule has 1 saturated heterocycles. The van der Waals surface area contributed by atoms with Gasteiger partial charge in [0, 0.05) is 47.7 Å². The van der Waals surface area contributed by atoms with E-state index in [-0.39, 0.29) is 23.5 Å². The molecule has 4 aromatic rings. The fourth-order valence-electron chi connectivity index (χ4n) is 5.15. The van der Waals surface area contributed by atoms with Gasteiger partial charge in [-0.2, -0.15) is 18.3 Å². The van der Waals surface area contributed by atoms with Crippen molar-refractivity contribution in [2.24, 2.45) is 11.8 Å². The molecule has 2 aliphatic rings. The normalized spacial score (nSPS) is 18.9. The number of carbonyl (C=O) groups is 2. The predicted octanol–water partition coefficient (Wildman–Crippen LogP) is 5.30. The third-order valence-electron chi connectivity index (χ3n) is 7.76. The molecule has 6 rings (SSSR count). The Hall–Kier alpha value is -4.64. The van der Waals surface area contributed by atoms with Crippen LogP contribution in [0.25, 0.3) is 11.3 Å². The lowest BCUT2D eigenvalue weighted by atomic mass is 10.0. The number of piperidine rings is 1. The lowest BCUT2D eigenvalue weighted by molar-refractivity contribution is -0.208. The number of amides is 2. The maximum absolute atomic E-state index is 14.9. The van der Waals surface area contributed by atoms with E-state index in [9.17, 15) is 41.0 Å². The van der Waals surface area contributed by atoms with Crippen LogP contribution in [0.2, 0.25) is 5.02 Å². The Kier molecular flexibility index (Phi) is 7.92. The molecule has 0 bridgehead atoms. The molecule has 18 heteroatoms. The first-order chi connectivity index (χ1) is 21.7. The van der Waals surface area contributed by atoms with E-state index < -0.39 is 69.7 Å². The number of rotatable bonds is 8. The van der Waals surface area contributed by atoms with Gasteiger partial charge in [0.25, 0.3) is 12.3 Å². The van der Waals surface area contributed by atoms with E-state index in [1.807, 2.05) is 0 Å². The van der Waals surface area contributed by atoms with E-state index in [0.29, 0.717) is 24.2 Å². The zero-order chi connectivity index (χ0) is 33.1. The first-order valence-electron chi connectivity index (χ1n) is 13.6. The van der Waals surface area contributed by atoms with Crippen LogP contribution in [-0.4, -0.2) is 59.4 Å². The molecule has 0 spiro atoms. The number of fused-ring (bicyclic) bond motifs is 1. The SMILES string of the molecule is C[C@@H](c1cnc(N2C[C@H]3C[C@H]3C2=O)nc1)n1cc(NC(=O)c2nc(-c3c(C(F)F)ccc(Cl)c3F)cnc2C(O)C(F)(F)F)cn1. The molecular formula is C28H21ClF6N8O3. The second-order valence-corrected chi connectivity index (χ2v) is 11.2. The minimum Gasteiger partial charge on any atom is -0.378 e. The van der Waals surface area contributed by atoms with Gasteiger partial charge in [0.2, 0.25) is 11.9 Å². The average molecular weight is 667 g/mol. The standard InChI is InChI=1S/C28H21ClF6N8O3/c1-11(13-5-37-27(38-6-13)42-9-12-4-16(12)26(42)46)43-10-14(7-39-43)40-25(45)22-21(23(44)28(33,34)35)36-8-18(41-22)19-15(24(31)32)2-3-17(29)20(19)30/h2-3,5-8,10-12,16,23-24,44H,4,9H2,1H3,(H,40,45)/t11-,12+,16+,23?/m0/s1. The fourth-order valence-corrected chi connectivity index (χ4v) is 5.31. The monoisotopic (exact) mass is 666 g/mol. The molecule has 1 unspecified atom stereocenters. The van der Waals surface area contributed by atoms with Crippen molar-refractivity contribution in [3.8, 4) is 11.3 Å². The van der Waals surface area contributed by atoms with Crippen LogP contribution < -0.4 is 10.2 Å². The number of aromatic nitrogens is 6. The number of aliphatic hydroxyl groups excluding tert-OH is 1. The molecule has 11 nitrogen and oxygen atoms in total. The van der Waals surface area contributed by atoms with Crippen LogP contribution in [-0.2, 0) is 4.79 Å². The second-order valence-electron chi connectivity index (χ2n) is 10.8. The topological polar surface area (TPSA) is 139 Å². The van der Waals surface area contributed by atoms with Crippen molar-refractivity contribution in [2.75, 3.05) is 16.8 Å². The summed E-state index contributed by atoms with van der Waals surface area (Å²) in [4.78, 5) is 42.8. The molecule has 3 aromatic heterocycles. The highest BCUT2D eigenvalue weighted by Gasteiger charge is 2.53. The molecule has 2 amide bonds. The molecule has 2 N–H and O–H groups in total. The summed E-state index contributed by atoms with van der Waals surface area (Å²) in [6.07, 6.45) is -4.90. The highest BCUT2D eigenvalue weighted by molar-refractivity contribution is 6.31. The Labute approximate surface area is 260 Å². The molecule has 46 heavy (non-hydrogen) atoms. The van der Waals surface area contributed by atoms with Gasteiger partial charge < -0.3 is 10.4 Å². The van der Waals surface area contributed by atoms with Gasteiger partial charge in [-0.1, -0.05) is 17.7 Å². The summed E-state index contributed by atoms with van der Waals surface area (Å²) in [7, 11) is 0. The predicted molar refractivity (Wildman–Crippen MR) is 148 cm³/mol. The number of hydrogen-bond donors (Lipinski definition) is 2. The molecule has 1 aromatic carbocycles. The van der Waals surface area contributed by atoms with E-state index in [2.05, 4.69) is 30.4 Å². The number of alkyl halides is 5. The van der Waals surface area contributed by atoms with Gasteiger partial charge in [0.15, 0.2) is 17.6 Å². The van der Waals surface area contributed by atoms with Crippen LogP contribution in [0.4, 0.5) is 38.0 Å². The summed E-state index contributed by atoms with van der Waals surface area (Å²) in [5.74, 6) is -2.05. The van der Waals surface area contributed by atoms with Gasteiger partial charge in [-0.25, -0.2) is 28.1 Å². The van der Waals surface area contributed by atoms with E-state index >= 15 is 0 Å². The summed E-state index contributed by atoms with van der Waals surface area (Å²) < 4.78 is 84.0. The van der Waals surface area contributed by atoms with Crippen molar-refractivity contribution in [3.05, 3.63) is 76.5 Å². The maximum Gasteiger partial charge on any atom is 0.420 e. The number of anilines is 2. The van der Waals surface area contributed by atoms with Crippen LogP contribution in [0.1, 0.15) is 59.2 Å². The Bertz CT molecular complexity index is 1840. The van der Waals surface area contributed by atoms with Crippen LogP contribution in [0.5, 0.6) is 0 Å². The molecule has 2 fully saturated rings. The van der Waals surface area contributed by atoms with Crippen molar-refractivity contribution in [2.45, 2.75) is 38.1 Å². The Morgan fingerprint density at radius 2 is 1.85 bits per heavy atom. The Balaban J connectivity index is 1.26. The summed E-state index contributed by atoms with van der Waals surface area (Å²) >= 11 is 5.74. The van der Waals surface area contributed by atoms with Crippen LogP contribution >= 0.6 is 11.6 Å². The largest absolute Gasteiger partial charge is 0.420 e. The van der Waals surface area contributed by atoms with Crippen LogP contribution in [0.3, 0.4) is 0 Å². The van der Waals surface area contributed by atoms with Crippen molar-refractivity contribution >= 4 is 35.1 Å². The third kappa shape index (κ3) is 5.75. The van der Waals surface area contributed by atoms with E-state index in [1.165, 1.54) is 34.4 Å². The number of carbonyl (C=O) groups excluding carboxylic acids is 2. The molecule has 4 atom stereocenters. The smallest absolute Gasteiger partial charge is 0.378 e. The summed E-state index contributed by atoms with van der Waals surface area (Å²) in [6, 6.07) is 1.15. The number of benzene rings is 1. The lowest BCUT2D eigenvalue weighted by Crippen LogP contribution is -2.29. The van der Waals surface area contributed by atoms with E-state index in [1.54, 1.807) is 6.92 Å². The van der Waals surface area contributed by atoms with E-state index in [0.717, 1.165) is 18.6 Å². The summed E-state index contributed by atoms with van der Waals surface area (Å²) in [5, 5.41) is 15.8. The maximum atomic E-state index is 14.9. The Morgan fingerprint density at radius 3 is 2.48 bits per heavy atom. The van der Waals surface area contributed by atoms with Gasteiger partial charge in [0.05, 0.1) is 34.8 Å². The minimum atomic E-state index is -5.29. The zero-order valence-corrected chi connectivity index (χ0v) is 24.1. The zero-order valence-electron chi connectivity index (χ0n) is 23.4. The van der Waals surface area contributed by atoms with Crippen LogP contribution in [0.15, 0.2) is 43.1 Å². The molecule has 0 radical (unpaired) electrons. The van der Waals surface area contributed by atoms with Crippen molar-refractivity contribution < 1.29 is 41.0 Å². The number of aliphatic hydroxyl groups is 1. The number of nitrogens with zero attached hydrogens (tertiary/aromatic N) is 7. The van der Waals surface area contributed by atoms with Gasteiger partial charge in [-0.15, -0.1) is 0 Å². The van der Waals surface area contributed by atoms with Gasteiger partial charge in [-0.05, 0) is 25.3 Å². The third-order valence-corrected chi connectivity index (χ3v) is 8.06. The van der Waals surface area contributed by atoms with Gasteiger partial charge in [-0.3, -0.25) is 24.2 Å². The summed E-state index contributed by atoms with van der Waals surface area (Å²) in [6.45, 7) is 2.29. The minimum absolute atomic E-state index is 0.00782. The van der Waals surface area contributed by atoms with Crippen LogP contribution in [0, 0.1) is 17.7 Å². The van der Waals surface area contributed by atoms with Gasteiger partial charge in [0.1, 0.15) is 5.69 Å². The van der Waals surface area contributed by atoms with Crippen molar-refractivity contribution in [1.29, 1.82) is 0 Å². The fraction of sp³-hybridized carbons (Fsp3) is 0.321. The average Bonchev–Trinajstić information content (AvgIpc) is 3.52. The molecule has 240 valence electrons. The molecule has 4 heterocycles. The second kappa shape index (κ2) is 11.6. The number of halogens is 7. The van der Waals surface area contributed by atoms with Crippen molar-refractivity contribution in [3.63, 3.8) is 0 Å². The number of nitrogens with one attached hydrogen (secondary N) is 1. The van der Waals surface area contributed by atoms with Crippen molar-refractivity contribution in [1.82, 2.24) is 29.7 Å². The Morgan fingerprint density at radius 1 is 1.13 bits per heavy atom. The first kappa shape index (κ1) is 31.3. The quantitative estimate of drug-likeness (QED) is 0.242. The van der Waals surface area contributed by atoms with Gasteiger partial charge >= 0.3 is 6.18 Å². The van der Waals surface area contributed by atoms with E-state index in [4.69, 9.17) is 11.6 Å². The molecule has 1 saturated carbocycles. The first-order valence-corrected chi connectivity index (χ1v) is 14.0. The number of hydrogen-bond acceptors (Lipinski definition) is 8. The molecule has 1 aliphatic carbocycles. The highest BCUT2D eigenvalue weighted by Crippen LogP contribution is 2.46. The summed E-state index contributed by atoms with van der Waals surface area (Å²) in [5.41, 5.74) is -4.31. The molecule has 1 aliphatic heterocycles. The molecular weight excluding hydrogens is 646 g/mol. The lowest BCUT2D eigenvalue weighted by Gasteiger charge is -2.18. The highest BCUT2D eigenvalue weighted by atomic mass is 35.5.